The van der Waals surface area contributed by atoms with Gasteiger partial charge >= 0.3 is 0 Å². The largest absolute Gasteiger partial charge is 0.497 e. The van der Waals surface area contributed by atoms with E-state index in [1.807, 2.05) is 72.8 Å². The molecule has 6 heteroatoms. The van der Waals surface area contributed by atoms with Crippen LogP contribution in [-0.2, 0) is 0 Å². The number of carbonyl (C=O) groups excluding carboxylic acids is 1. The van der Waals surface area contributed by atoms with E-state index >= 15 is 0 Å². The molecule has 0 radical (unpaired) electrons. The molecule has 1 aliphatic heterocycles. The third-order valence-electron chi connectivity index (χ3n) is 7.70. The van der Waals surface area contributed by atoms with Crippen LogP contribution in [-0.4, -0.2) is 51.1 Å². The van der Waals surface area contributed by atoms with Crippen LogP contribution in [0.3, 0.4) is 0 Å². The second kappa shape index (κ2) is 11.7. The number of hydrogen-bond donors (Lipinski definition) is 0. The number of likely N-dealkylation sites (tertiary alicyclic amines) is 1. The van der Waals surface area contributed by atoms with Gasteiger partial charge in [0.25, 0.3) is 0 Å². The van der Waals surface area contributed by atoms with Gasteiger partial charge in [-0.2, -0.15) is 0 Å². The van der Waals surface area contributed by atoms with Gasteiger partial charge in [0.1, 0.15) is 23.9 Å². The van der Waals surface area contributed by atoms with E-state index in [0.29, 0.717) is 17.7 Å². The molecule has 0 aliphatic carbocycles. The van der Waals surface area contributed by atoms with Gasteiger partial charge in [0.05, 0.1) is 14.2 Å². The van der Waals surface area contributed by atoms with Gasteiger partial charge in [0.2, 0.25) is 0 Å². The van der Waals surface area contributed by atoms with Crippen LogP contribution in [0.25, 0.3) is 31.3 Å². The van der Waals surface area contributed by atoms with Crippen molar-refractivity contribution in [2.75, 3.05) is 40.5 Å². The number of thiophene rings is 1. The quantitative estimate of drug-likeness (QED) is 0.175. The summed E-state index contributed by atoms with van der Waals surface area (Å²) < 4.78 is 18.2. The number of ether oxygens (including phenoxy) is 3. The fourth-order valence-corrected chi connectivity index (χ4v) is 6.83. The lowest BCUT2D eigenvalue weighted by Gasteiger charge is -2.26. The molecule has 0 saturated carbocycles. The van der Waals surface area contributed by atoms with Crippen LogP contribution >= 0.6 is 11.3 Å². The van der Waals surface area contributed by atoms with Gasteiger partial charge in [-0.1, -0.05) is 30.7 Å². The minimum atomic E-state index is -0.00717. The molecule has 0 bridgehead atoms. The highest BCUT2D eigenvalue weighted by Gasteiger charge is 2.24. The number of fused-ring (bicyclic) bond motifs is 3. The van der Waals surface area contributed by atoms with Gasteiger partial charge < -0.3 is 14.2 Å². The number of methoxy groups -OCH3 is 2. The number of piperidine rings is 1. The molecule has 5 aromatic rings. The standard InChI is InChI=1S/C34H33NO4S/c1-37-25-14-12-24(13-15-25)34-32(31-28-9-5-4-8-27(28)29(38-2)22-30(31)40-34)33(36)23-10-16-26(17-11-23)39-21-20-35-18-6-3-7-19-35/h4-5,8-17,22H,3,6-7,18-21H2,1-2H3. The highest BCUT2D eigenvalue weighted by atomic mass is 32.1. The highest BCUT2D eigenvalue weighted by molar-refractivity contribution is 7.23. The fourth-order valence-electron chi connectivity index (χ4n) is 5.58. The van der Waals surface area contributed by atoms with Crippen molar-refractivity contribution in [3.05, 3.63) is 90.0 Å². The Labute approximate surface area is 238 Å². The van der Waals surface area contributed by atoms with Crippen LogP contribution in [0.2, 0.25) is 0 Å². The Bertz CT molecular complexity index is 1630. The first-order valence-electron chi connectivity index (χ1n) is 13.8. The zero-order valence-corrected chi connectivity index (χ0v) is 23.8. The Morgan fingerprint density at radius 2 is 1.52 bits per heavy atom. The highest BCUT2D eigenvalue weighted by Crippen LogP contribution is 2.45. The van der Waals surface area contributed by atoms with Crippen molar-refractivity contribution in [2.45, 2.75) is 19.3 Å². The Morgan fingerprint density at radius 3 is 2.23 bits per heavy atom. The fraction of sp³-hybridized carbons (Fsp3) is 0.265. The first-order chi connectivity index (χ1) is 19.7. The van der Waals surface area contributed by atoms with E-state index in [1.54, 1.807) is 25.6 Å². The van der Waals surface area contributed by atoms with E-state index in [-0.39, 0.29) is 5.78 Å². The zero-order chi connectivity index (χ0) is 27.5. The van der Waals surface area contributed by atoms with Crippen LogP contribution in [0, 0.1) is 0 Å². The van der Waals surface area contributed by atoms with Crippen molar-refractivity contribution in [2.24, 2.45) is 0 Å². The molecular weight excluding hydrogens is 518 g/mol. The lowest BCUT2D eigenvalue weighted by atomic mass is 9.94. The molecule has 1 fully saturated rings. The van der Waals surface area contributed by atoms with Gasteiger partial charge in [0, 0.05) is 38.0 Å². The summed E-state index contributed by atoms with van der Waals surface area (Å²) >= 11 is 1.61. The summed E-state index contributed by atoms with van der Waals surface area (Å²) in [6.45, 7) is 3.90. The molecule has 2 heterocycles. The molecule has 0 amide bonds. The van der Waals surface area contributed by atoms with Crippen LogP contribution in [0.15, 0.2) is 78.9 Å². The predicted octanol–water partition coefficient (Wildman–Crippen LogP) is 7.83. The SMILES string of the molecule is COc1ccc(-c2sc3cc(OC)c4ccccc4c3c2C(=O)c2ccc(OCCN3CCCCC3)cc2)cc1. The molecule has 0 N–H and O–H groups in total. The van der Waals surface area contributed by atoms with Crippen molar-refractivity contribution in [1.82, 2.24) is 4.90 Å². The number of benzene rings is 4. The molecule has 0 unspecified atom stereocenters. The summed E-state index contributed by atoms with van der Waals surface area (Å²) in [5.74, 6) is 2.36. The summed E-state index contributed by atoms with van der Waals surface area (Å²) in [6.07, 6.45) is 3.87. The van der Waals surface area contributed by atoms with Crippen molar-refractivity contribution < 1.29 is 19.0 Å². The third kappa shape index (κ3) is 5.17. The normalized spacial score (nSPS) is 13.9. The Hall–Kier alpha value is -3.87. The Balaban J connectivity index is 1.38. The molecule has 0 spiro atoms. The van der Waals surface area contributed by atoms with Gasteiger partial charge in [-0.05, 0) is 91.5 Å². The van der Waals surface area contributed by atoms with Gasteiger partial charge in [-0.15, -0.1) is 11.3 Å². The Morgan fingerprint density at radius 1 is 0.825 bits per heavy atom. The van der Waals surface area contributed by atoms with E-state index in [9.17, 15) is 4.79 Å². The maximum Gasteiger partial charge on any atom is 0.195 e. The predicted molar refractivity (Wildman–Crippen MR) is 164 cm³/mol. The average Bonchev–Trinajstić information content (AvgIpc) is 3.41. The zero-order valence-electron chi connectivity index (χ0n) is 22.9. The number of nitrogens with zero attached hydrogens (tertiary/aromatic N) is 1. The van der Waals surface area contributed by atoms with E-state index in [4.69, 9.17) is 14.2 Å². The van der Waals surface area contributed by atoms with E-state index in [0.717, 1.165) is 68.2 Å². The number of ketones is 1. The minimum absolute atomic E-state index is 0.00717. The van der Waals surface area contributed by atoms with Gasteiger partial charge in [-0.3, -0.25) is 9.69 Å². The van der Waals surface area contributed by atoms with Crippen LogP contribution in [0.5, 0.6) is 17.2 Å². The Kier molecular flexibility index (Phi) is 7.71. The molecule has 40 heavy (non-hydrogen) atoms. The lowest BCUT2D eigenvalue weighted by Crippen LogP contribution is -2.33. The van der Waals surface area contributed by atoms with Gasteiger partial charge in [-0.25, -0.2) is 0 Å². The lowest BCUT2D eigenvalue weighted by molar-refractivity contribution is 0.104. The smallest absolute Gasteiger partial charge is 0.195 e. The van der Waals surface area contributed by atoms with E-state index < -0.39 is 0 Å². The van der Waals surface area contributed by atoms with Crippen molar-refractivity contribution >= 4 is 38.0 Å². The molecule has 1 aromatic heterocycles. The number of hydrogen-bond acceptors (Lipinski definition) is 6. The van der Waals surface area contributed by atoms with Crippen LogP contribution in [0.4, 0.5) is 0 Å². The molecule has 1 aliphatic rings. The van der Waals surface area contributed by atoms with Crippen molar-refractivity contribution in [1.29, 1.82) is 0 Å². The first kappa shape index (κ1) is 26.4. The second-order valence-electron chi connectivity index (χ2n) is 10.1. The monoisotopic (exact) mass is 551 g/mol. The van der Waals surface area contributed by atoms with Gasteiger partial charge in [0.15, 0.2) is 5.78 Å². The molecule has 4 aromatic carbocycles. The maximum atomic E-state index is 14.3. The summed E-state index contributed by atoms with van der Waals surface area (Å²) in [5.41, 5.74) is 2.33. The molecule has 1 saturated heterocycles. The molecular formula is C34H33NO4S. The van der Waals surface area contributed by atoms with Crippen LogP contribution in [0.1, 0.15) is 35.2 Å². The second-order valence-corrected chi connectivity index (χ2v) is 11.2. The molecule has 5 nitrogen and oxygen atoms in total. The third-order valence-corrected chi connectivity index (χ3v) is 8.89. The number of carbonyl (C=O) groups is 1. The topological polar surface area (TPSA) is 48.0 Å². The van der Waals surface area contributed by atoms with Crippen molar-refractivity contribution in [3.63, 3.8) is 0 Å². The first-order valence-corrected chi connectivity index (χ1v) is 14.6. The van der Waals surface area contributed by atoms with Crippen LogP contribution < -0.4 is 14.2 Å². The average molecular weight is 552 g/mol. The molecule has 6 rings (SSSR count). The number of rotatable bonds is 9. The molecule has 204 valence electrons. The maximum absolute atomic E-state index is 14.3. The minimum Gasteiger partial charge on any atom is -0.497 e. The summed E-state index contributed by atoms with van der Waals surface area (Å²) in [5, 5.41) is 2.95. The van der Waals surface area contributed by atoms with E-state index in [1.165, 1.54) is 19.3 Å². The summed E-state index contributed by atoms with van der Waals surface area (Å²) in [6, 6.07) is 25.6. The molecule has 0 atom stereocenters. The van der Waals surface area contributed by atoms with Crippen molar-refractivity contribution in [3.8, 4) is 27.7 Å². The summed E-state index contributed by atoms with van der Waals surface area (Å²) in [7, 11) is 3.34. The summed E-state index contributed by atoms with van der Waals surface area (Å²) in [4.78, 5) is 17.7. The van der Waals surface area contributed by atoms with E-state index in [2.05, 4.69) is 11.0 Å².